The fraction of sp³-hybridized carbons (Fsp3) is 0.222. The van der Waals surface area contributed by atoms with E-state index in [1.54, 1.807) is 23.9 Å². The molecule has 0 aliphatic heterocycles. The van der Waals surface area contributed by atoms with Crippen molar-refractivity contribution in [2.75, 3.05) is 12.8 Å². The number of carbonyl (C=O) groups is 2. The second-order valence-electron chi connectivity index (χ2n) is 4.97. The highest BCUT2D eigenvalue weighted by Gasteiger charge is 2.07. The second-order valence-corrected chi connectivity index (χ2v) is 5.85. The third kappa shape index (κ3) is 4.86. The first-order chi connectivity index (χ1) is 11.1. The number of nitrogens with one attached hydrogen (secondary N) is 2. The van der Waals surface area contributed by atoms with Crippen LogP contribution in [0.25, 0.3) is 0 Å². The summed E-state index contributed by atoms with van der Waals surface area (Å²) in [5.41, 5.74) is 2.12. The van der Waals surface area contributed by atoms with E-state index in [2.05, 4.69) is 10.6 Å². The zero-order valence-electron chi connectivity index (χ0n) is 13.3. The third-order valence-corrected chi connectivity index (χ3v) is 4.08. The largest absolute Gasteiger partial charge is 0.352 e. The minimum absolute atomic E-state index is 0.103. The molecule has 0 atom stereocenters. The summed E-state index contributed by atoms with van der Waals surface area (Å²) >= 11 is 1.64. The van der Waals surface area contributed by atoms with Crippen molar-refractivity contribution in [2.45, 2.75) is 18.4 Å². The minimum atomic E-state index is -0.124. The van der Waals surface area contributed by atoms with Gasteiger partial charge in [0.1, 0.15) is 0 Å². The lowest BCUT2D eigenvalue weighted by Crippen LogP contribution is -2.24. The lowest BCUT2D eigenvalue weighted by atomic mass is 10.1. The van der Waals surface area contributed by atoms with Gasteiger partial charge in [0.2, 0.25) is 0 Å². The predicted octanol–water partition coefficient (Wildman–Crippen LogP) is 3.09. The van der Waals surface area contributed by atoms with Crippen molar-refractivity contribution in [3.8, 4) is 0 Å². The molecule has 5 heteroatoms. The molecule has 0 aliphatic rings. The van der Waals surface area contributed by atoms with Crippen molar-refractivity contribution in [3.05, 3.63) is 65.2 Å². The summed E-state index contributed by atoms with van der Waals surface area (Å²) in [5, 5.41) is 5.64. The van der Waals surface area contributed by atoms with Gasteiger partial charge >= 0.3 is 0 Å². The van der Waals surface area contributed by atoms with Crippen LogP contribution in [0.5, 0.6) is 0 Å². The van der Waals surface area contributed by atoms with E-state index >= 15 is 0 Å². The van der Waals surface area contributed by atoms with Gasteiger partial charge in [-0.25, -0.2) is 0 Å². The third-order valence-electron chi connectivity index (χ3n) is 3.33. The Labute approximate surface area is 140 Å². The van der Waals surface area contributed by atoms with E-state index in [9.17, 15) is 9.59 Å². The van der Waals surface area contributed by atoms with Gasteiger partial charge < -0.3 is 10.6 Å². The van der Waals surface area contributed by atoms with Crippen LogP contribution in [0.3, 0.4) is 0 Å². The first-order valence-corrected chi connectivity index (χ1v) is 8.66. The van der Waals surface area contributed by atoms with Gasteiger partial charge in [-0.05, 0) is 55.1 Å². The smallest absolute Gasteiger partial charge is 0.251 e. The highest BCUT2D eigenvalue weighted by molar-refractivity contribution is 7.98. The Hall–Kier alpha value is -2.27. The quantitative estimate of drug-likeness (QED) is 0.801. The Morgan fingerprint density at radius 2 is 1.65 bits per heavy atom. The molecule has 0 heterocycles. The molecular formula is C18H20N2O2S. The van der Waals surface area contributed by atoms with E-state index in [4.69, 9.17) is 0 Å². The maximum Gasteiger partial charge on any atom is 0.251 e. The van der Waals surface area contributed by atoms with Gasteiger partial charge in [0.15, 0.2) is 0 Å². The van der Waals surface area contributed by atoms with Gasteiger partial charge in [-0.3, -0.25) is 9.59 Å². The van der Waals surface area contributed by atoms with Crippen molar-refractivity contribution >= 4 is 23.6 Å². The van der Waals surface area contributed by atoms with E-state index in [1.165, 1.54) is 0 Å². The zero-order valence-corrected chi connectivity index (χ0v) is 14.1. The minimum Gasteiger partial charge on any atom is -0.352 e. The number of rotatable bonds is 6. The first kappa shape index (κ1) is 17.1. The fourth-order valence-corrected chi connectivity index (χ4v) is 2.52. The van der Waals surface area contributed by atoms with E-state index in [-0.39, 0.29) is 11.8 Å². The molecule has 0 aliphatic carbocycles. The number of hydrogen-bond donors (Lipinski definition) is 2. The monoisotopic (exact) mass is 328 g/mol. The molecule has 0 saturated carbocycles. The maximum atomic E-state index is 12.1. The van der Waals surface area contributed by atoms with Crippen LogP contribution in [0.2, 0.25) is 0 Å². The summed E-state index contributed by atoms with van der Waals surface area (Å²) in [5.74, 6) is -0.227. The Balaban J connectivity index is 1.98. The molecule has 2 amide bonds. The Bertz CT molecular complexity index is 684. The molecular weight excluding hydrogens is 308 g/mol. The van der Waals surface area contributed by atoms with Crippen LogP contribution in [-0.4, -0.2) is 24.6 Å². The Morgan fingerprint density at radius 1 is 0.957 bits per heavy atom. The number of amides is 2. The molecule has 23 heavy (non-hydrogen) atoms. The van der Waals surface area contributed by atoms with Gasteiger partial charge in [0, 0.05) is 29.1 Å². The molecule has 120 valence electrons. The van der Waals surface area contributed by atoms with Gasteiger partial charge in [-0.1, -0.05) is 12.1 Å². The summed E-state index contributed by atoms with van der Waals surface area (Å²) in [6.45, 7) is 2.85. The predicted molar refractivity (Wildman–Crippen MR) is 93.8 cm³/mol. The summed E-state index contributed by atoms with van der Waals surface area (Å²) < 4.78 is 0. The Kier molecular flexibility index (Phi) is 6.23. The number of carbonyl (C=O) groups excluding carboxylic acids is 2. The van der Waals surface area contributed by atoms with E-state index in [1.807, 2.05) is 49.6 Å². The SMILES string of the molecule is CCNC(=O)c1cccc(CNC(=O)c2ccc(SC)cc2)c1. The van der Waals surface area contributed by atoms with Crippen LogP contribution in [0.1, 0.15) is 33.2 Å². The van der Waals surface area contributed by atoms with Gasteiger partial charge in [-0.2, -0.15) is 0 Å². The summed E-state index contributed by atoms with van der Waals surface area (Å²) in [7, 11) is 0. The molecule has 2 rings (SSSR count). The highest BCUT2D eigenvalue weighted by Crippen LogP contribution is 2.15. The first-order valence-electron chi connectivity index (χ1n) is 7.43. The molecule has 0 radical (unpaired) electrons. The standard InChI is InChI=1S/C18H20N2O2S/c1-3-19-18(22)15-6-4-5-13(11-15)12-20-17(21)14-7-9-16(23-2)10-8-14/h4-11H,3,12H2,1-2H3,(H,19,22)(H,20,21). The van der Waals surface area contributed by atoms with Crippen LogP contribution in [0.4, 0.5) is 0 Å². The molecule has 0 unspecified atom stereocenters. The zero-order chi connectivity index (χ0) is 16.7. The molecule has 4 nitrogen and oxygen atoms in total. The Morgan fingerprint density at radius 3 is 2.30 bits per heavy atom. The van der Waals surface area contributed by atoms with Crippen LogP contribution in [0.15, 0.2) is 53.4 Å². The highest BCUT2D eigenvalue weighted by atomic mass is 32.2. The fourth-order valence-electron chi connectivity index (χ4n) is 2.11. The van der Waals surface area contributed by atoms with Gasteiger partial charge in [-0.15, -0.1) is 11.8 Å². The number of benzene rings is 2. The molecule has 0 spiro atoms. The van der Waals surface area contributed by atoms with Crippen LogP contribution >= 0.6 is 11.8 Å². The summed E-state index contributed by atoms with van der Waals surface area (Å²) in [6.07, 6.45) is 2.00. The van der Waals surface area contributed by atoms with Crippen molar-refractivity contribution in [1.29, 1.82) is 0 Å². The lowest BCUT2D eigenvalue weighted by molar-refractivity contribution is 0.0947. The summed E-state index contributed by atoms with van der Waals surface area (Å²) in [6, 6.07) is 14.7. The van der Waals surface area contributed by atoms with Crippen LogP contribution < -0.4 is 10.6 Å². The van der Waals surface area contributed by atoms with E-state index in [0.29, 0.717) is 24.2 Å². The number of thioether (sulfide) groups is 1. The molecule has 2 N–H and O–H groups in total. The van der Waals surface area contributed by atoms with Crippen molar-refractivity contribution in [3.63, 3.8) is 0 Å². The second kappa shape index (κ2) is 8.39. The van der Waals surface area contributed by atoms with Gasteiger partial charge in [0.25, 0.3) is 11.8 Å². The van der Waals surface area contributed by atoms with Crippen LogP contribution in [0, 0.1) is 0 Å². The molecule has 2 aromatic rings. The van der Waals surface area contributed by atoms with E-state index in [0.717, 1.165) is 10.5 Å². The van der Waals surface area contributed by atoms with Gasteiger partial charge in [0.05, 0.1) is 0 Å². The average molecular weight is 328 g/mol. The van der Waals surface area contributed by atoms with E-state index < -0.39 is 0 Å². The molecule has 0 bridgehead atoms. The number of hydrogen-bond acceptors (Lipinski definition) is 3. The molecule has 2 aromatic carbocycles. The topological polar surface area (TPSA) is 58.2 Å². The van der Waals surface area contributed by atoms with Crippen molar-refractivity contribution < 1.29 is 9.59 Å². The molecule has 0 saturated heterocycles. The maximum absolute atomic E-state index is 12.1. The normalized spacial score (nSPS) is 10.2. The molecule has 0 fully saturated rings. The van der Waals surface area contributed by atoms with Crippen LogP contribution in [-0.2, 0) is 6.54 Å². The van der Waals surface area contributed by atoms with Crippen molar-refractivity contribution in [2.24, 2.45) is 0 Å². The molecule has 0 aromatic heterocycles. The summed E-state index contributed by atoms with van der Waals surface area (Å²) in [4.78, 5) is 25.1. The van der Waals surface area contributed by atoms with Crippen molar-refractivity contribution in [1.82, 2.24) is 10.6 Å². The average Bonchev–Trinajstić information content (AvgIpc) is 2.60. The lowest BCUT2D eigenvalue weighted by Gasteiger charge is -2.08.